The van der Waals surface area contributed by atoms with E-state index in [0.29, 0.717) is 12.6 Å². The molecule has 17 heavy (non-hydrogen) atoms. The van der Waals surface area contributed by atoms with Crippen LogP contribution in [0.5, 0.6) is 0 Å². The lowest BCUT2D eigenvalue weighted by atomic mass is 10.4. The minimum Gasteiger partial charge on any atom is -0.308 e. The summed E-state index contributed by atoms with van der Waals surface area (Å²) in [4.78, 5) is 4.15. The molecule has 0 aromatic carbocycles. The van der Waals surface area contributed by atoms with E-state index in [2.05, 4.69) is 25.7 Å². The Bertz CT molecular complexity index is 496. The van der Waals surface area contributed by atoms with Crippen molar-refractivity contribution in [1.82, 2.24) is 35.1 Å². The molecule has 0 aliphatic heterocycles. The largest absolute Gasteiger partial charge is 0.308 e. The van der Waals surface area contributed by atoms with E-state index in [9.17, 15) is 0 Å². The molecule has 0 spiro atoms. The summed E-state index contributed by atoms with van der Waals surface area (Å²) in [6.07, 6.45) is 6.06. The van der Waals surface area contributed by atoms with Gasteiger partial charge in [-0.25, -0.2) is 9.67 Å². The third-order valence-electron chi connectivity index (χ3n) is 2.84. The summed E-state index contributed by atoms with van der Waals surface area (Å²) in [7, 11) is 1.87. The van der Waals surface area contributed by atoms with Gasteiger partial charge in [0.15, 0.2) is 0 Å². The third kappa shape index (κ3) is 2.50. The van der Waals surface area contributed by atoms with Gasteiger partial charge in [-0.05, 0) is 12.8 Å². The monoisotopic (exact) mass is 233 g/mol. The van der Waals surface area contributed by atoms with E-state index in [1.165, 1.54) is 12.8 Å². The zero-order chi connectivity index (χ0) is 11.7. The highest BCUT2D eigenvalue weighted by Gasteiger charge is 2.20. The summed E-state index contributed by atoms with van der Waals surface area (Å²) in [5, 5.41) is 15.6. The number of hydrogen-bond donors (Lipinski definition) is 1. The van der Waals surface area contributed by atoms with Gasteiger partial charge in [0.2, 0.25) is 0 Å². The number of aromatic nitrogens is 6. The second-order valence-electron chi connectivity index (χ2n) is 4.36. The number of nitrogens with zero attached hydrogens (tertiary/aromatic N) is 6. The van der Waals surface area contributed by atoms with Crippen LogP contribution < -0.4 is 5.32 Å². The maximum absolute atomic E-state index is 4.15. The van der Waals surface area contributed by atoms with Gasteiger partial charge in [-0.1, -0.05) is 5.21 Å². The molecule has 0 bridgehead atoms. The van der Waals surface area contributed by atoms with Gasteiger partial charge in [0.1, 0.15) is 18.7 Å². The van der Waals surface area contributed by atoms with E-state index in [4.69, 9.17) is 0 Å². The van der Waals surface area contributed by atoms with Crippen LogP contribution in [0.15, 0.2) is 12.5 Å². The minimum absolute atomic E-state index is 0.604. The third-order valence-corrected chi connectivity index (χ3v) is 2.84. The van der Waals surface area contributed by atoms with Gasteiger partial charge in [0, 0.05) is 19.6 Å². The van der Waals surface area contributed by atoms with Crippen molar-refractivity contribution in [3.8, 4) is 0 Å². The van der Waals surface area contributed by atoms with Gasteiger partial charge in [0.05, 0.1) is 11.9 Å². The van der Waals surface area contributed by atoms with Crippen molar-refractivity contribution < 1.29 is 0 Å². The lowest BCUT2D eigenvalue weighted by Gasteiger charge is -1.99. The molecule has 2 aromatic rings. The summed E-state index contributed by atoms with van der Waals surface area (Å²) >= 11 is 0. The summed E-state index contributed by atoms with van der Waals surface area (Å²) in [6, 6.07) is 0.693. The molecule has 0 radical (unpaired) electrons. The van der Waals surface area contributed by atoms with Crippen LogP contribution in [0, 0.1) is 0 Å². The predicted octanol–water partition coefficient (Wildman–Crippen LogP) is -0.293. The van der Waals surface area contributed by atoms with Crippen molar-refractivity contribution in [2.45, 2.75) is 32.0 Å². The fraction of sp³-hybridized carbons (Fsp3) is 0.600. The number of hydrogen-bond acceptors (Lipinski definition) is 5. The fourth-order valence-electron chi connectivity index (χ4n) is 1.64. The van der Waals surface area contributed by atoms with Crippen LogP contribution in [-0.2, 0) is 20.1 Å². The molecule has 7 heteroatoms. The molecule has 2 aromatic heterocycles. The first-order valence-corrected chi connectivity index (χ1v) is 5.76. The molecule has 0 saturated heterocycles. The summed E-state index contributed by atoms with van der Waals surface area (Å²) < 4.78 is 3.53. The van der Waals surface area contributed by atoms with Crippen LogP contribution in [0.4, 0.5) is 0 Å². The molecule has 90 valence electrons. The van der Waals surface area contributed by atoms with Gasteiger partial charge >= 0.3 is 0 Å². The van der Waals surface area contributed by atoms with Gasteiger partial charge < -0.3 is 5.32 Å². The first kappa shape index (κ1) is 10.4. The van der Waals surface area contributed by atoms with Crippen molar-refractivity contribution in [3.63, 3.8) is 0 Å². The van der Waals surface area contributed by atoms with Gasteiger partial charge in [-0.3, -0.25) is 4.68 Å². The molecule has 2 heterocycles. The van der Waals surface area contributed by atoms with Crippen molar-refractivity contribution in [2.24, 2.45) is 7.05 Å². The average Bonchev–Trinajstić information content (AvgIpc) is 2.92. The topological polar surface area (TPSA) is 73.5 Å². The van der Waals surface area contributed by atoms with Crippen molar-refractivity contribution in [1.29, 1.82) is 0 Å². The van der Waals surface area contributed by atoms with E-state index in [0.717, 1.165) is 18.1 Å². The Hall–Kier alpha value is -1.76. The maximum Gasteiger partial charge on any atom is 0.148 e. The lowest BCUT2D eigenvalue weighted by Crippen LogP contribution is -2.15. The van der Waals surface area contributed by atoms with Gasteiger partial charge in [-0.15, -0.1) is 5.10 Å². The smallest absolute Gasteiger partial charge is 0.148 e. The van der Waals surface area contributed by atoms with Crippen LogP contribution >= 0.6 is 0 Å². The van der Waals surface area contributed by atoms with Crippen molar-refractivity contribution in [2.75, 3.05) is 0 Å². The minimum atomic E-state index is 0.604. The number of aryl methyl sites for hydroxylation is 1. The molecule has 7 nitrogen and oxygen atoms in total. The average molecular weight is 233 g/mol. The molecule has 0 atom stereocenters. The molecule has 3 rings (SSSR count). The zero-order valence-electron chi connectivity index (χ0n) is 9.74. The molecular weight excluding hydrogens is 218 g/mol. The van der Waals surface area contributed by atoms with E-state index < -0.39 is 0 Å². The fourth-order valence-corrected chi connectivity index (χ4v) is 1.64. The Morgan fingerprint density at radius 1 is 1.47 bits per heavy atom. The Balaban J connectivity index is 1.61. The first-order valence-electron chi connectivity index (χ1n) is 5.76. The Morgan fingerprint density at radius 2 is 2.35 bits per heavy atom. The van der Waals surface area contributed by atoms with E-state index in [-0.39, 0.29) is 0 Å². The molecule has 1 aliphatic carbocycles. The van der Waals surface area contributed by atoms with Crippen LogP contribution in [0.2, 0.25) is 0 Å². The second kappa shape index (κ2) is 4.25. The molecule has 1 saturated carbocycles. The van der Waals surface area contributed by atoms with Gasteiger partial charge in [0.25, 0.3) is 0 Å². The highest BCUT2D eigenvalue weighted by molar-refractivity contribution is 4.96. The number of nitrogens with one attached hydrogen (secondary N) is 1. The molecule has 1 fully saturated rings. The van der Waals surface area contributed by atoms with Crippen molar-refractivity contribution >= 4 is 0 Å². The summed E-state index contributed by atoms with van der Waals surface area (Å²) in [6.45, 7) is 1.40. The standard InChI is InChI=1S/C10H15N7/c1-16-10(12-7-13-16)6-17-5-9(14-15-17)4-11-8-2-3-8/h5,7-8,11H,2-4,6H2,1H3. The summed E-state index contributed by atoms with van der Waals surface area (Å²) in [5.41, 5.74) is 0.971. The Labute approximate surface area is 98.8 Å². The predicted molar refractivity (Wildman–Crippen MR) is 60.0 cm³/mol. The normalized spacial score (nSPS) is 15.4. The van der Waals surface area contributed by atoms with Crippen LogP contribution in [0.25, 0.3) is 0 Å². The Morgan fingerprint density at radius 3 is 3.06 bits per heavy atom. The number of rotatable bonds is 5. The van der Waals surface area contributed by atoms with Crippen LogP contribution in [0.1, 0.15) is 24.4 Å². The van der Waals surface area contributed by atoms with Crippen molar-refractivity contribution in [3.05, 3.63) is 24.0 Å². The molecule has 1 aliphatic rings. The second-order valence-corrected chi connectivity index (χ2v) is 4.36. The van der Waals surface area contributed by atoms with E-state index in [1.807, 2.05) is 13.2 Å². The van der Waals surface area contributed by atoms with Crippen LogP contribution in [0.3, 0.4) is 0 Å². The SMILES string of the molecule is Cn1ncnc1Cn1cc(CNC2CC2)nn1. The van der Waals surface area contributed by atoms with Crippen LogP contribution in [-0.4, -0.2) is 35.8 Å². The lowest BCUT2D eigenvalue weighted by molar-refractivity contribution is 0.589. The maximum atomic E-state index is 4.15. The molecule has 0 unspecified atom stereocenters. The molecule has 0 amide bonds. The molecule has 1 N–H and O–H groups in total. The molecular formula is C10H15N7. The summed E-state index contributed by atoms with van der Waals surface area (Å²) in [5.74, 6) is 0.872. The van der Waals surface area contributed by atoms with E-state index >= 15 is 0 Å². The quantitative estimate of drug-likeness (QED) is 0.768. The Kier molecular flexibility index (Phi) is 2.60. The first-order chi connectivity index (χ1) is 8.31. The van der Waals surface area contributed by atoms with E-state index in [1.54, 1.807) is 15.7 Å². The highest BCUT2D eigenvalue weighted by atomic mass is 15.4. The zero-order valence-corrected chi connectivity index (χ0v) is 9.74. The van der Waals surface area contributed by atoms with Gasteiger partial charge in [-0.2, -0.15) is 5.10 Å². The highest BCUT2D eigenvalue weighted by Crippen LogP contribution is 2.18.